The highest BCUT2D eigenvalue weighted by Crippen LogP contribution is 2.27. The van der Waals surface area contributed by atoms with E-state index in [9.17, 15) is 5.11 Å². The van der Waals surface area contributed by atoms with Crippen LogP contribution in [0.5, 0.6) is 0 Å². The monoisotopic (exact) mass is 258 g/mol. The summed E-state index contributed by atoms with van der Waals surface area (Å²) < 4.78 is 0. The molecule has 2 atom stereocenters. The van der Waals surface area contributed by atoms with Gasteiger partial charge in [0.15, 0.2) is 5.82 Å². The Kier molecular flexibility index (Phi) is 3.08. The number of hydrogen-bond acceptors (Lipinski definition) is 5. The van der Waals surface area contributed by atoms with Crippen molar-refractivity contribution in [2.75, 3.05) is 18.0 Å². The van der Waals surface area contributed by atoms with E-state index in [2.05, 4.69) is 21.2 Å². The standard InChI is InChI=1S/C14H18N4O/c1-9-10-4-2-3-5-11(10)14(17-16-9)18-7-6-12(15)13(19)8-18/h2-5,12-13,19H,6-8,15H2,1H3/t12-,13-/m1/s1. The van der Waals surface area contributed by atoms with Gasteiger partial charge >= 0.3 is 0 Å². The molecular weight excluding hydrogens is 240 g/mol. The van der Waals surface area contributed by atoms with E-state index in [1.165, 1.54) is 0 Å². The molecule has 1 aromatic carbocycles. The van der Waals surface area contributed by atoms with Crippen molar-refractivity contribution in [3.63, 3.8) is 0 Å². The van der Waals surface area contributed by atoms with E-state index in [-0.39, 0.29) is 6.04 Å². The quantitative estimate of drug-likeness (QED) is 0.792. The average Bonchev–Trinajstić information content (AvgIpc) is 2.43. The molecule has 5 heteroatoms. The lowest BCUT2D eigenvalue weighted by molar-refractivity contribution is 0.132. The zero-order valence-corrected chi connectivity index (χ0v) is 11.0. The number of aryl methyl sites for hydroxylation is 1. The summed E-state index contributed by atoms with van der Waals surface area (Å²) in [7, 11) is 0. The third-order valence-electron chi connectivity index (χ3n) is 3.79. The fraction of sp³-hybridized carbons (Fsp3) is 0.429. The van der Waals surface area contributed by atoms with Crippen LogP contribution in [0.2, 0.25) is 0 Å². The Morgan fingerprint density at radius 1 is 1.26 bits per heavy atom. The largest absolute Gasteiger partial charge is 0.390 e. The topological polar surface area (TPSA) is 75.3 Å². The lowest BCUT2D eigenvalue weighted by Gasteiger charge is -2.35. The van der Waals surface area contributed by atoms with Crippen molar-refractivity contribution in [3.8, 4) is 0 Å². The summed E-state index contributed by atoms with van der Waals surface area (Å²) >= 11 is 0. The smallest absolute Gasteiger partial charge is 0.159 e. The van der Waals surface area contributed by atoms with E-state index in [4.69, 9.17) is 5.73 Å². The molecular formula is C14H18N4O. The zero-order valence-electron chi connectivity index (χ0n) is 11.0. The first-order valence-corrected chi connectivity index (χ1v) is 6.57. The van der Waals surface area contributed by atoms with Crippen molar-refractivity contribution in [1.29, 1.82) is 0 Å². The molecule has 0 radical (unpaired) electrons. The summed E-state index contributed by atoms with van der Waals surface area (Å²) in [6.07, 6.45) is 0.265. The molecule has 5 nitrogen and oxygen atoms in total. The van der Waals surface area contributed by atoms with E-state index < -0.39 is 6.10 Å². The first-order chi connectivity index (χ1) is 9.16. The lowest BCUT2D eigenvalue weighted by atomic mass is 10.0. The SMILES string of the molecule is Cc1nnc(N2CC[C@@H](N)[C@H](O)C2)c2ccccc12. The second kappa shape index (κ2) is 4.75. The molecule has 1 saturated heterocycles. The van der Waals surface area contributed by atoms with Crippen LogP contribution < -0.4 is 10.6 Å². The van der Waals surface area contributed by atoms with E-state index in [1.807, 2.05) is 25.1 Å². The number of aliphatic hydroxyl groups is 1. The van der Waals surface area contributed by atoms with Gasteiger partial charge in [-0.3, -0.25) is 0 Å². The minimum absolute atomic E-state index is 0.138. The number of hydrogen-bond donors (Lipinski definition) is 2. The van der Waals surface area contributed by atoms with Gasteiger partial charge in [-0.05, 0) is 13.3 Å². The number of piperidine rings is 1. The van der Waals surface area contributed by atoms with Gasteiger partial charge in [-0.1, -0.05) is 24.3 Å². The molecule has 0 unspecified atom stereocenters. The molecule has 1 aromatic heterocycles. The van der Waals surface area contributed by atoms with Gasteiger partial charge < -0.3 is 15.7 Å². The predicted molar refractivity (Wildman–Crippen MR) is 75.1 cm³/mol. The molecule has 0 aliphatic carbocycles. The molecule has 2 heterocycles. The molecule has 3 N–H and O–H groups in total. The van der Waals surface area contributed by atoms with Crippen LogP contribution in [0, 0.1) is 6.92 Å². The van der Waals surface area contributed by atoms with Crippen LogP contribution in [-0.4, -0.2) is 40.5 Å². The number of fused-ring (bicyclic) bond motifs is 1. The van der Waals surface area contributed by atoms with Crippen LogP contribution in [0.15, 0.2) is 24.3 Å². The Morgan fingerprint density at radius 2 is 2.00 bits per heavy atom. The highest BCUT2D eigenvalue weighted by Gasteiger charge is 2.26. The van der Waals surface area contributed by atoms with E-state index in [1.54, 1.807) is 0 Å². The van der Waals surface area contributed by atoms with Crippen LogP contribution in [0.4, 0.5) is 5.82 Å². The fourth-order valence-electron chi connectivity index (χ4n) is 2.60. The lowest BCUT2D eigenvalue weighted by Crippen LogP contribution is -2.51. The molecule has 1 fully saturated rings. The summed E-state index contributed by atoms with van der Waals surface area (Å²) in [5.41, 5.74) is 6.77. The maximum Gasteiger partial charge on any atom is 0.159 e. The van der Waals surface area contributed by atoms with Crippen molar-refractivity contribution >= 4 is 16.6 Å². The van der Waals surface area contributed by atoms with E-state index in [0.717, 1.165) is 35.2 Å². The summed E-state index contributed by atoms with van der Waals surface area (Å²) in [5.74, 6) is 0.840. The Labute approximate surface area is 112 Å². The predicted octanol–water partition coefficient (Wildman–Crippen LogP) is 0.837. The van der Waals surface area contributed by atoms with Crippen molar-refractivity contribution < 1.29 is 5.11 Å². The van der Waals surface area contributed by atoms with Crippen LogP contribution in [0.25, 0.3) is 10.8 Å². The van der Waals surface area contributed by atoms with Crippen LogP contribution in [-0.2, 0) is 0 Å². The highest BCUT2D eigenvalue weighted by atomic mass is 16.3. The third kappa shape index (κ3) is 2.15. The first-order valence-electron chi connectivity index (χ1n) is 6.57. The zero-order chi connectivity index (χ0) is 13.4. The van der Waals surface area contributed by atoms with Gasteiger partial charge in [-0.2, -0.15) is 5.10 Å². The third-order valence-corrected chi connectivity index (χ3v) is 3.79. The minimum atomic E-state index is -0.504. The van der Waals surface area contributed by atoms with Gasteiger partial charge in [0.25, 0.3) is 0 Å². The Hall–Kier alpha value is -1.72. The average molecular weight is 258 g/mol. The first kappa shape index (κ1) is 12.3. The normalized spacial score (nSPS) is 23.8. The van der Waals surface area contributed by atoms with Gasteiger partial charge in [-0.15, -0.1) is 5.10 Å². The number of β-amino-alcohol motifs (C(OH)–C–C–N with tert-alkyl or cyclic N) is 1. The highest BCUT2D eigenvalue weighted by molar-refractivity contribution is 5.93. The Morgan fingerprint density at radius 3 is 2.74 bits per heavy atom. The van der Waals surface area contributed by atoms with Gasteiger partial charge in [0, 0.05) is 29.9 Å². The summed E-state index contributed by atoms with van der Waals surface area (Å²) in [6.45, 7) is 3.28. The second-order valence-electron chi connectivity index (χ2n) is 5.12. The molecule has 0 spiro atoms. The summed E-state index contributed by atoms with van der Waals surface area (Å²) in [4.78, 5) is 2.07. The Balaban J connectivity index is 2.04. The minimum Gasteiger partial charge on any atom is -0.390 e. The molecule has 3 rings (SSSR count). The van der Waals surface area contributed by atoms with Gasteiger partial charge in [-0.25, -0.2) is 0 Å². The van der Waals surface area contributed by atoms with Crippen LogP contribution in [0.3, 0.4) is 0 Å². The maximum absolute atomic E-state index is 9.92. The molecule has 1 aliphatic heterocycles. The number of aromatic nitrogens is 2. The number of benzene rings is 1. The number of anilines is 1. The summed E-state index contributed by atoms with van der Waals surface area (Å²) in [5, 5.41) is 20.6. The molecule has 1 aliphatic rings. The Bertz CT molecular complexity index is 601. The molecule has 0 amide bonds. The van der Waals surface area contributed by atoms with Crippen molar-refractivity contribution in [3.05, 3.63) is 30.0 Å². The molecule has 0 bridgehead atoms. The van der Waals surface area contributed by atoms with Gasteiger partial charge in [0.05, 0.1) is 11.8 Å². The number of nitrogens with two attached hydrogens (primary N) is 1. The van der Waals surface area contributed by atoms with Gasteiger partial charge in [0.1, 0.15) is 0 Å². The van der Waals surface area contributed by atoms with Crippen molar-refractivity contribution in [2.24, 2.45) is 5.73 Å². The molecule has 0 saturated carbocycles. The molecule has 2 aromatic rings. The van der Waals surface area contributed by atoms with Gasteiger partial charge in [0.2, 0.25) is 0 Å². The molecule has 100 valence electrons. The fourth-order valence-corrected chi connectivity index (χ4v) is 2.60. The number of aliphatic hydroxyl groups excluding tert-OH is 1. The maximum atomic E-state index is 9.92. The number of rotatable bonds is 1. The number of nitrogens with zero attached hydrogens (tertiary/aromatic N) is 3. The van der Waals surface area contributed by atoms with E-state index in [0.29, 0.717) is 6.54 Å². The van der Waals surface area contributed by atoms with E-state index >= 15 is 0 Å². The van der Waals surface area contributed by atoms with Crippen LogP contribution in [0.1, 0.15) is 12.1 Å². The van der Waals surface area contributed by atoms with Crippen molar-refractivity contribution in [1.82, 2.24) is 10.2 Å². The van der Waals surface area contributed by atoms with Crippen molar-refractivity contribution in [2.45, 2.75) is 25.5 Å². The molecule has 19 heavy (non-hydrogen) atoms. The summed E-state index contributed by atoms with van der Waals surface area (Å²) in [6, 6.07) is 7.96. The second-order valence-corrected chi connectivity index (χ2v) is 5.12. The van der Waals surface area contributed by atoms with Crippen LogP contribution >= 0.6 is 0 Å².